The molecule has 2 aliphatic rings. The van der Waals surface area contributed by atoms with Crippen LogP contribution in [0.3, 0.4) is 0 Å². The summed E-state index contributed by atoms with van der Waals surface area (Å²) in [6.07, 6.45) is 7.00. The lowest BCUT2D eigenvalue weighted by atomic mass is 10.1. The van der Waals surface area contributed by atoms with Crippen molar-refractivity contribution in [3.05, 3.63) is 23.5 Å². The number of rotatable bonds is 5. The predicted octanol–water partition coefficient (Wildman–Crippen LogP) is 3.51. The van der Waals surface area contributed by atoms with Gasteiger partial charge in [0.1, 0.15) is 16.5 Å². The van der Waals surface area contributed by atoms with Gasteiger partial charge >= 0.3 is 0 Å². The van der Waals surface area contributed by atoms with Crippen molar-refractivity contribution in [1.29, 1.82) is 0 Å². The Morgan fingerprint density at radius 2 is 2.15 bits per heavy atom. The van der Waals surface area contributed by atoms with Gasteiger partial charge in [0, 0.05) is 18.8 Å². The number of anilines is 3. The van der Waals surface area contributed by atoms with Crippen LogP contribution in [0, 0.1) is 6.92 Å². The summed E-state index contributed by atoms with van der Waals surface area (Å²) in [6.45, 7) is 4.07. The first-order chi connectivity index (χ1) is 12.8. The number of piperidine rings is 1. The topological polar surface area (TPSA) is 90.6 Å². The molecule has 4 heterocycles. The van der Waals surface area contributed by atoms with Gasteiger partial charge in [0.25, 0.3) is 0 Å². The number of hydrogen-bond donors (Lipinski definition) is 4. The van der Waals surface area contributed by atoms with E-state index in [1.54, 1.807) is 0 Å². The number of H-pyrrole nitrogens is 1. The smallest absolute Gasteiger partial charge is 0.231 e. The molecule has 136 valence electrons. The van der Waals surface area contributed by atoms with Crippen LogP contribution in [0.1, 0.15) is 42.9 Å². The van der Waals surface area contributed by atoms with E-state index in [-0.39, 0.29) is 0 Å². The second-order valence-electron chi connectivity index (χ2n) is 7.28. The lowest BCUT2D eigenvalue weighted by Gasteiger charge is -2.25. The third-order valence-corrected chi connectivity index (χ3v) is 5.88. The van der Waals surface area contributed by atoms with Crippen molar-refractivity contribution in [2.24, 2.45) is 0 Å². The maximum atomic E-state index is 4.84. The van der Waals surface area contributed by atoms with Crippen LogP contribution in [-0.4, -0.2) is 38.5 Å². The number of nitrogens with one attached hydrogen (secondary N) is 4. The lowest BCUT2D eigenvalue weighted by molar-refractivity contribution is 0.479. The third kappa shape index (κ3) is 3.14. The average molecular weight is 369 g/mol. The molecule has 2 fully saturated rings. The Morgan fingerprint density at radius 3 is 2.88 bits per heavy atom. The number of hydrogen-bond acceptors (Lipinski definition) is 7. The van der Waals surface area contributed by atoms with E-state index in [1.165, 1.54) is 42.8 Å². The normalized spacial score (nSPS) is 20.4. The highest BCUT2D eigenvalue weighted by molar-refractivity contribution is 7.10. The van der Waals surface area contributed by atoms with Crippen LogP contribution < -0.4 is 16.0 Å². The van der Waals surface area contributed by atoms with Crippen LogP contribution in [0.25, 0.3) is 11.0 Å². The van der Waals surface area contributed by atoms with Crippen LogP contribution in [0.15, 0.2) is 12.3 Å². The van der Waals surface area contributed by atoms with Crippen LogP contribution in [0.5, 0.6) is 0 Å². The molecule has 0 unspecified atom stereocenters. The van der Waals surface area contributed by atoms with Gasteiger partial charge in [-0.1, -0.05) is 0 Å². The SMILES string of the molecule is Cc1cc(Nc2nc(N[C@@H]3CCCNC3)c3c(C4CC4)c[nH]c3n2)sn1. The Hall–Kier alpha value is -2.19. The van der Waals surface area contributed by atoms with Gasteiger partial charge in [-0.15, -0.1) is 0 Å². The highest BCUT2D eigenvalue weighted by Gasteiger charge is 2.29. The molecule has 1 aliphatic carbocycles. The minimum atomic E-state index is 0.405. The number of aromatic amines is 1. The quantitative estimate of drug-likeness (QED) is 0.550. The van der Waals surface area contributed by atoms with Gasteiger partial charge in [-0.25, -0.2) is 0 Å². The zero-order valence-corrected chi connectivity index (χ0v) is 15.6. The van der Waals surface area contributed by atoms with E-state index < -0.39 is 0 Å². The first-order valence-corrected chi connectivity index (χ1v) is 10.1. The third-order valence-electron chi connectivity index (χ3n) is 5.08. The molecule has 1 saturated heterocycles. The number of aromatic nitrogens is 4. The monoisotopic (exact) mass is 369 g/mol. The molecular formula is C18H23N7S. The molecule has 4 N–H and O–H groups in total. The fourth-order valence-corrected chi connectivity index (χ4v) is 4.29. The van der Waals surface area contributed by atoms with Gasteiger partial charge in [0.15, 0.2) is 0 Å². The van der Waals surface area contributed by atoms with Gasteiger partial charge in [-0.2, -0.15) is 14.3 Å². The molecule has 0 bridgehead atoms. The fourth-order valence-electron chi connectivity index (χ4n) is 3.63. The molecule has 5 rings (SSSR count). The molecule has 3 aromatic rings. The van der Waals surface area contributed by atoms with Gasteiger partial charge in [0.2, 0.25) is 5.95 Å². The summed E-state index contributed by atoms with van der Waals surface area (Å²) in [5.74, 6) is 2.20. The molecule has 8 heteroatoms. The molecular weight excluding hydrogens is 346 g/mol. The maximum absolute atomic E-state index is 4.84. The Kier molecular flexibility index (Phi) is 4.01. The Balaban J connectivity index is 1.52. The van der Waals surface area contributed by atoms with Crippen molar-refractivity contribution < 1.29 is 0 Å². The van der Waals surface area contributed by atoms with Crippen LogP contribution in [-0.2, 0) is 0 Å². The molecule has 0 aromatic carbocycles. The lowest BCUT2D eigenvalue weighted by Crippen LogP contribution is -2.38. The van der Waals surface area contributed by atoms with Crippen molar-refractivity contribution >= 4 is 39.3 Å². The molecule has 7 nitrogen and oxygen atoms in total. The summed E-state index contributed by atoms with van der Waals surface area (Å²) >= 11 is 1.43. The second kappa shape index (κ2) is 6.51. The van der Waals surface area contributed by atoms with Crippen LogP contribution >= 0.6 is 11.5 Å². The summed E-state index contributed by atoms with van der Waals surface area (Å²) < 4.78 is 4.32. The first kappa shape index (κ1) is 16.0. The van der Waals surface area contributed by atoms with Gasteiger partial charge < -0.3 is 20.9 Å². The predicted molar refractivity (Wildman–Crippen MR) is 106 cm³/mol. The zero-order chi connectivity index (χ0) is 17.5. The molecule has 1 aliphatic heterocycles. The second-order valence-corrected chi connectivity index (χ2v) is 8.09. The standard InChI is InChI=1S/C18H23N7S/c1-10-7-14(26-25-10)22-18-23-16-15(13(9-20-16)11-4-5-11)17(24-18)21-12-3-2-6-19-8-12/h7,9,11-12,19H,2-6,8H2,1H3,(H3,20,21,22,23,24)/t12-/m1/s1. The van der Waals surface area contributed by atoms with Crippen molar-refractivity contribution in [3.63, 3.8) is 0 Å². The van der Waals surface area contributed by atoms with Gasteiger partial charge in [0.05, 0.1) is 11.1 Å². The number of nitrogens with zero attached hydrogens (tertiary/aromatic N) is 3. The van der Waals surface area contributed by atoms with E-state index in [1.807, 2.05) is 13.0 Å². The van der Waals surface area contributed by atoms with E-state index >= 15 is 0 Å². The number of fused-ring (bicyclic) bond motifs is 1. The zero-order valence-electron chi connectivity index (χ0n) is 14.8. The first-order valence-electron chi connectivity index (χ1n) is 9.33. The Labute approximate surface area is 156 Å². The van der Waals surface area contributed by atoms with E-state index in [0.717, 1.165) is 40.6 Å². The summed E-state index contributed by atoms with van der Waals surface area (Å²) in [6, 6.07) is 2.42. The summed E-state index contributed by atoms with van der Waals surface area (Å²) in [5, 5.41) is 12.6. The van der Waals surface area contributed by atoms with Crippen molar-refractivity contribution in [2.75, 3.05) is 23.7 Å². The highest BCUT2D eigenvalue weighted by Crippen LogP contribution is 2.44. The van der Waals surface area contributed by atoms with Crippen molar-refractivity contribution in [3.8, 4) is 0 Å². The molecule has 0 radical (unpaired) electrons. The molecule has 26 heavy (non-hydrogen) atoms. The average Bonchev–Trinajstić information content (AvgIpc) is 3.27. The van der Waals surface area contributed by atoms with Crippen LogP contribution in [0.2, 0.25) is 0 Å². The van der Waals surface area contributed by atoms with Gasteiger partial charge in [-0.3, -0.25) is 0 Å². The summed E-state index contributed by atoms with van der Waals surface area (Å²) in [4.78, 5) is 12.9. The van der Waals surface area contributed by atoms with Gasteiger partial charge in [-0.05, 0) is 68.2 Å². The minimum Gasteiger partial charge on any atom is -0.365 e. The van der Waals surface area contributed by atoms with E-state index in [4.69, 9.17) is 9.97 Å². The number of aryl methyl sites for hydroxylation is 1. The fraction of sp³-hybridized carbons (Fsp3) is 0.500. The summed E-state index contributed by atoms with van der Waals surface area (Å²) in [5.41, 5.74) is 3.25. The molecule has 3 aromatic heterocycles. The molecule has 1 saturated carbocycles. The molecule has 1 atom stereocenters. The Bertz CT molecular complexity index is 921. The van der Waals surface area contributed by atoms with Crippen molar-refractivity contribution in [1.82, 2.24) is 24.6 Å². The maximum Gasteiger partial charge on any atom is 0.231 e. The van der Waals surface area contributed by atoms with E-state index in [9.17, 15) is 0 Å². The molecule has 0 spiro atoms. The van der Waals surface area contributed by atoms with Crippen molar-refractivity contribution in [2.45, 2.75) is 44.6 Å². The van der Waals surface area contributed by atoms with E-state index in [0.29, 0.717) is 17.9 Å². The minimum absolute atomic E-state index is 0.405. The van der Waals surface area contributed by atoms with Crippen LogP contribution in [0.4, 0.5) is 16.8 Å². The summed E-state index contributed by atoms with van der Waals surface area (Å²) in [7, 11) is 0. The molecule has 0 amide bonds. The Morgan fingerprint density at radius 1 is 1.23 bits per heavy atom. The largest absolute Gasteiger partial charge is 0.365 e. The highest BCUT2D eigenvalue weighted by atomic mass is 32.1. The van der Waals surface area contributed by atoms with E-state index in [2.05, 4.69) is 31.5 Å².